The highest BCUT2D eigenvalue weighted by atomic mass is 35.5. The Morgan fingerprint density at radius 2 is 1.77 bits per heavy atom. The maximum absolute atomic E-state index is 10.7. The molecule has 0 aromatic rings. The van der Waals surface area contributed by atoms with Gasteiger partial charge >= 0.3 is 0 Å². The van der Waals surface area contributed by atoms with Crippen molar-refractivity contribution in [3.8, 4) is 0 Å². The minimum atomic E-state index is -0.319. The molecule has 0 aromatic heterocycles. The maximum atomic E-state index is 10.7. The van der Waals surface area contributed by atoms with E-state index >= 15 is 0 Å². The summed E-state index contributed by atoms with van der Waals surface area (Å²) < 4.78 is 5.92. The van der Waals surface area contributed by atoms with E-state index in [1.54, 1.807) is 0 Å². The molecule has 3 aliphatic carbocycles. The first-order valence-corrected chi connectivity index (χ1v) is 11.7. The quantitative estimate of drug-likeness (QED) is 0.691. The molecule has 0 amide bonds. The largest absolute Gasteiger partial charge is 0.381 e. The van der Waals surface area contributed by atoms with Gasteiger partial charge in [-0.15, -0.1) is 11.6 Å². The van der Waals surface area contributed by atoms with Gasteiger partial charge in [-0.05, 0) is 68.6 Å². The monoisotopic (exact) mass is 383 g/mol. The van der Waals surface area contributed by atoms with Gasteiger partial charge in [-0.3, -0.25) is 5.32 Å². The standard InChI is InChI=1S/C22H38ClNO2/c1-26-21-10-7-14(11-17(21)15-5-3-2-4-6-15)12-19-18-13-16(23)8-9-20(18)24-22(19)25/h14-22,24-25H,2-13H2,1H3/t14?,16?,17?,18-,19?,20?,21-,22?/m0/s1. The minimum absolute atomic E-state index is 0.310. The zero-order chi connectivity index (χ0) is 18.1. The highest BCUT2D eigenvalue weighted by molar-refractivity contribution is 6.20. The molecule has 0 radical (unpaired) electrons. The van der Waals surface area contributed by atoms with Crippen molar-refractivity contribution >= 4 is 11.6 Å². The number of hydrogen-bond acceptors (Lipinski definition) is 3. The average molecular weight is 384 g/mol. The molecule has 0 spiro atoms. The van der Waals surface area contributed by atoms with Crippen molar-refractivity contribution in [2.24, 2.45) is 29.6 Å². The molecule has 1 aliphatic heterocycles. The molecule has 4 aliphatic rings. The van der Waals surface area contributed by atoms with Gasteiger partial charge in [0.2, 0.25) is 0 Å². The van der Waals surface area contributed by atoms with Gasteiger partial charge in [-0.1, -0.05) is 32.1 Å². The summed E-state index contributed by atoms with van der Waals surface area (Å²) in [6, 6.07) is 0.495. The first-order chi connectivity index (χ1) is 12.7. The predicted molar refractivity (Wildman–Crippen MR) is 106 cm³/mol. The smallest absolute Gasteiger partial charge is 0.108 e. The summed E-state index contributed by atoms with van der Waals surface area (Å²) in [4.78, 5) is 0. The van der Waals surface area contributed by atoms with Crippen LogP contribution in [0.2, 0.25) is 0 Å². The van der Waals surface area contributed by atoms with Crippen LogP contribution in [0.3, 0.4) is 0 Å². The lowest BCUT2D eigenvalue weighted by atomic mass is 9.66. The zero-order valence-electron chi connectivity index (χ0n) is 16.4. The van der Waals surface area contributed by atoms with Gasteiger partial charge in [0.25, 0.3) is 0 Å². The first-order valence-electron chi connectivity index (χ1n) is 11.3. The number of fused-ring (bicyclic) bond motifs is 1. The minimum Gasteiger partial charge on any atom is -0.381 e. The summed E-state index contributed by atoms with van der Waals surface area (Å²) in [7, 11) is 1.92. The van der Waals surface area contributed by atoms with Crippen LogP contribution in [0.5, 0.6) is 0 Å². The summed E-state index contributed by atoms with van der Waals surface area (Å²) in [5, 5.41) is 14.5. The molecule has 4 rings (SSSR count). The number of rotatable bonds is 4. The summed E-state index contributed by atoms with van der Waals surface area (Å²) in [5.74, 6) is 3.35. The SMILES string of the molecule is CO[C@H]1CCC(CC2C(O)NC3CCC(Cl)C[C@H]32)CC1C1CCCCC1. The summed E-state index contributed by atoms with van der Waals surface area (Å²) in [6.45, 7) is 0. The number of nitrogens with one attached hydrogen (secondary N) is 1. The van der Waals surface area contributed by atoms with Crippen molar-refractivity contribution in [3.05, 3.63) is 0 Å². The van der Waals surface area contributed by atoms with Crippen molar-refractivity contribution in [2.45, 2.75) is 101 Å². The molecular formula is C22H38ClNO2. The third-order valence-electron chi connectivity index (χ3n) is 8.28. The van der Waals surface area contributed by atoms with Crippen molar-refractivity contribution in [1.82, 2.24) is 5.32 Å². The highest BCUT2D eigenvalue weighted by Crippen LogP contribution is 2.47. The zero-order valence-corrected chi connectivity index (χ0v) is 17.2. The molecule has 8 atom stereocenters. The molecule has 3 saturated carbocycles. The maximum Gasteiger partial charge on any atom is 0.108 e. The Morgan fingerprint density at radius 3 is 2.54 bits per heavy atom. The topological polar surface area (TPSA) is 41.5 Å². The van der Waals surface area contributed by atoms with Crippen LogP contribution >= 0.6 is 11.6 Å². The Hall–Kier alpha value is 0.170. The molecule has 4 fully saturated rings. The molecule has 3 nitrogen and oxygen atoms in total. The van der Waals surface area contributed by atoms with E-state index in [1.807, 2.05) is 7.11 Å². The van der Waals surface area contributed by atoms with Crippen LogP contribution < -0.4 is 5.32 Å². The lowest BCUT2D eigenvalue weighted by Crippen LogP contribution is -2.38. The lowest BCUT2D eigenvalue weighted by molar-refractivity contribution is -0.0316. The van der Waals surface area contributed by atoms with E-state index in [-0.39, 0.29) is 6.23 Å². The van der Waals surface area contributed by atoms with Crippen molar-refractivity contribution < 1.29 is 9.84 Å². The number of hydrogen-bond donors (Lipinski definition) is 2. The first kappa shape index (κ1) is 19.5. The predicted octanol–water partition coefficient (Wildman–Crippen LogP) is 4.70. The van der Waals surface area contributed by atoms with Crippen LogP contribution in [0.1, 0.15) is 77.0 Å². The van der Waals surface area contributed by atoms with Gasteiger partial charge in [-0.25, -0.2) is 0 Å². The lowest BCUT2D eigenvalue weighted by Gasteiger charge is -2.42. The Bertz CT molecular complexity index is 455. The van der Waals surface area contributed by atoms with Crippen molar-refractivity contribution in [3.63, 3.8) is 0 Å². The van der Waals surface area contributed by atoms with Crippen LogP contribution in [0.25, 0.3) is 0 Å². The average Bonchev–Trinajstić information content (AvgIpc) is 2.97. The van der Waals surface area contributed by atoms with Gasteiger partial charge in [0.1, 0.15) is 6.23 Å². The Labute approximate surface area is 164 Å². The molecule has 4 heteroatoms. The third-order valence-corrected chi connectivity index (χ3v) is 8.68. The third kappa shape index (κ3) is 4.11. The van der Waals surface area contributed by atoms with Gasteiger partial charge in [0.05, 0.1) is 6.10 Å². The second-order valence-electron chi connectivity index (χ2n) is 9.71. The van der Waals surface area contributed by atoms with Crippen LogP contribution in [0, 0.1) is 29.6 Å². The van der Waals surface area contributed by atoms with Crippen LogP contribution in [0.15, 0.2) is 0 Å². The van der Waals surface area contributed by atoms with E-state index < -0.39 is 0 Å². The van der Waals surface area contributed by atoms with Crippen LogP contribution in [-0.2, 0) is 4.74 Å². The summed E-state index contributed by atoms with van der Waals surface area (Å²) in [5.41, 5.74) is 0. The van der Waals surface area contributed by atoms with E-state index in [4.69, 9.17) is 16.3 Å². The van der Waals surface area contributed by atoms with E-state index in [0.29, 0.717) is 29.4 Å². The van der Waals surface area contributed by atoms with E-state index in [9.17, 15) is 5.11 Å². The van der Waals surface area contributed by atoms with Crippen LogP contribution in [0.4, 0.5) is 0 Å². The van der Waals surface area contributed by atoms with E-state index in [2.05, 4.69) is 5.32 Å². The van der Waals surface area contributed by atoms with E-state index in [1.165, 1.54) is 57.8 Å². The molecule has 1 heterocycles. The van der Waals surface area contributed by atoms with Crippen LogP contribution in [-0.4, -0.2) is 36.0 Å². The van der Waals surface area contributed by atoms with Gasteiger partial charge in [0.15, 0.2) is 0 Å². The normalized spacial score (nSPS) is 47.7. The molecule has 1 saturated heterocycles. The number of halogens is 1. The van der Waals surface area contributed by atoms with Crippen molar-refractivity contribution in [2.75, 3.05) is 7.11 Å². The van der Waals surface area contributed by atoms with Gasteiger partial charge in [-0.2, -0.15) is 0 Å². The van der Waals surface area contributed by atoms with Crippen molar-refractivity contribution in [1.29, 1.82) is 0 Å². The fraction of sp³-hybridized carbons (Fsp3) is 1.00. The van der Waals surface area contributed by atoms with E-state index in [0.717, 1.165) is 37.0 Å². The number of aliphatic hydroxyl groups excluding tert-OH is 1. The second-order valence-corrected chi connectivity index (χ2v) is 10.3. The molecule has 150 valence electrons. The molecular weight excluding hydrogens is 346 g/mol. The summed E-state index contributed by atoms with van der Waals surface area (Å²) in [6.07, 6.45) is 15.5. The Balaban J connectivity index is 1.39. The fourth-order valence-corrected chi connectivity index (χ4v) is 7.26. The van der Waals surface area contributed by atoms with Gasteiger partial charge in [0, 0.05) is 24.4 Å². The van der Waals surface area contributed by atoms with Gasteiger partial charge < -0.3 is 9.84 Å². The number of ether oxygens (including phenoxy) is 1. The number of methoxy groups -OCH3 is 1. The Morgan fingerprint density at radius 1 is 0.962 bits per heavy atom. The molecule has 26 heavy (non-hydrogen) atoms. The molecule has 0 bridgehead atoms. The number of alkyl halides is 1. The highest BCUT2D eigenvalue weighted by Gasteiger charge is 2.46. The summed E-state index contributed by atoms with van der Waals surface area (Å²) >= 11 is 6.48. The molecule has 2 N–H and O–H groups in total. The fourth-order valence-electron chi connectivity index (χ4n) is 6.93. The second kappa shape index (κ2) is 8.68. The Kier molecular flexibility index (Phi) is 6.50. The number of aliphatic hydroxyl groups is 1. The molecule has 0 aromatic carbocycles. The molecule has 6 unspecified atom stereocenters.